The molecule has 106 valence electrons. The van der Waals surface area contributed by atoms with Gasteiger partial charge in [0.2, 0.25) is 15.9 Å². The van der Waals surface area contributed by atoms with Gasteiger partial charge in [-0.2, -0.15) is 4.72 Å². The molecule has 0 heterocycles. The largest absolute Gasteiger partial charge is 0.497 e. The Hall–Kier alpha value is -1.60. The van der Waals surface area contributed by atoms with E-state index in [0.29, 0.717) is 12.3 Å². The standard InChI is InChI=1S/C12H18N2O4S/c1-4-13-12(15)9(2)14-19(16,17)11-7-5-10(18-3)6-8-11/h5-9,14H,4H2,1-3H3,(H,13,15)/t9-/m1/s1. The topological polar surface area (TPSA) is 84.5 Å². The predicted molar refractivity (Wildman–Crippen MR) is 71.5 cm³/mol. The Morgan fingerprint density at radius 2 is 1.89 bits per heavy atom. The summed E-state index contributed by atoms with van der Waals surface area (Å²) < 4.78 is 31.3. The molecule has 1 atom stereocenters. The summed E-state index contributed by atoms with van der Waals surface area (Å²) in [5, 5.41) is 2.55. The number of carbonyl (C=O) groups excluding carboxylic acids is 1. The number of nitrogens with one attached hydrogen (secondary N) is 2. The zero-order valence-corrected chi connectivity index (χ0v) is 12.0. The Morgan fingerprint density at radius 3 is 2.37 bits per heavy atom. The smallest absolute Gasteiger partial charge is 0.241 e. The molecule has 0 aromatic heterocycles. The number of methoxy groups -OCH3 is 1. The van der Waals surface area contributed by atoms with Crippen molar-refractivity contribution in [2.24, 2.45) is 0 Å². The molecule has 0 saturated carbocycles. The molecule has 0 spiro atoms. The van der Waals surface area contributed by atoms with Crippen LogP contribution in [0.2, 0.25) is 0 Å². The molecule has 0 bridgehead atoms. The van der Waals surface area contributed by atoms with Crippen molar-refractivity contribution in [3.63, 3.8) is 0 Å². The Bertz CT molecular complexity index is 525. The Labute approximate surface area is 113 Å². The molecule has 0 aliphatic heterocycles. The van der Waals surface area contributed by atoms with Crippen molar-refractivity contribution in [2.75, 3.05) is 13.7 Å². The van der Waals surface area contributed by atoms with E-state index in [2.05, 4.69) is 10.0 Å². The summed E-state index contributed by atoms with van der Waals surface area (Å²) in [5.41, 5.74) is 0. The molecule has 6 nitrogen and oxygen atoms in total. The van der Waals surface area contributed by atoms with Crippen LogP contribution in [0.3, 0.4) is 0 Å². The quantitative estimate of drug-likeness (QED) is 0.797. The highest BCUT2D eigenvalue weighted by Gasteiger charge is 2.21. The fourth-order valence-corrected chi connectivity index (χ4v) is 2.64. The summed E-state index contributed by atoms with van der Waals surface area (Å²) in [4.78, 5) is 11.6. The molecule has 1 rings (SSSR count). The minimum Gasteiger partial charge on any atom is -0.497 e. The highest BCUT2D eigenvalue weighted by Crippen LogP contribution is 2.15. The first-order valence-corrected chi connectivity index (χ1v) is 7.33. The van der Waals surface area contributed by atoms with Gasteiger partial charge < -0.3 is 10.1 Å². The predicted octanol–water partition coefficient (Wildman–Crippen LogP) is 0.498. The third-order valence-corrected chi connectivity index (χ3v) is 4.00. The Kier molecular flexibility index (Phi) is 5.31. The second-order valence-electron chi connectivity index (χ2n) is 3.91. The van der Waals surface area contributed by atoms with Crippen LogP contribution in [-0.4, -0.2) is 34.0 Å². The molecule has 0 fully saturated rings. The molecule has 0 aliphatic rings. The molecule has 0 unspecified atom stereocenters. The molecule has 1 aromatic carbocycles. The molecular formula is C12H18N2O4S. The number of rotatable bonds is 6. The lowest BCUT2D eigenvalue weighted by Crippen LogP contribution is -2.44. The van der Waals surface area contributed by atoms with Crippen LogP contribution in [0.4, 0.5) is 0 Å². The van der Waals surface area contributed by atoms with E-state index in [1.165, 1.54) is 26.2 Å². The maximum atomic E-state index is 12.0. The van der Waals surface area contributed by atoms with Gasteiger partial charge in [0.25, 0.3) is 0 Å². The lowest BCUT2D eigenvalue weighted by Gasteiger charge is -2.13. The molecule has 0 aliphatic carbocycles. The van der Waals surface area contributed by atoms with E-state index in [-0.39, 0.29) is 10.8 Å². The van der Waals surface area contributed by atoms with Crippen molar-refractivity contribution in [3.8, 4) is 5.75 Å². The van der Waals surface area contributed by atoms with Crippen molar-refractivity contribution in [3.05, 3.63) is 24.3 Å². The molecular weight excluding hydrogens is 268 g/mol. The molecule has 1 amide bonds. The van der Waals surface area contributed by atoms with Crippen LogP contribution in [0.1, 0.15) is 13.8 Å². The van der Waals surface area contributed by atoms with Crippen LogP contribution in [0.15, 0.2) is 29.2 Å². The van der Waals surface area contributed by atoms with Gasteiger partial charge in [0.1, 0.15) is 5.75 Å². The highest BCUT2D eigenvalue weighted by atomic mass is 32.2. The van der Waals surface area contributed by atoms with Crippen molar-refractivity contribution >= 4 is 15.9 Å². The third-order valence-electron chi connectivity index (χ3n) is 2.45. The summed E-state index contributed by atoms with van der Waals surface area (Å²) in [6.07, 6.45) is 0. The van der Waals surface area contributed by atoms with E-state index in [1.807, 2.05) is 0 Å². The molecule has 7 heteroatoms. The average molecular weight is 286 g/mol. The van der Waals surface area contributed by atoms with Crippen molar-refractivity contribution < 1.29 is 17.9 Å². The molecule has 2 N–H and O–H groups in total. The zero-order valence-electron chi connectivity index (χ0n) is 11.1. The Balaban J connectivity index is 2.82. The van der Waals surface area contributed by atoms with E-state index in [9.17, 15) is 13.2 Å². The lowest BCUT2D eigenvalue weighted by molar-refractivity contribution is -0.122. The maximum absolute atomic E-state index is 12.0. The van der Waals surface area contributed by atoms with Crippen molar-refractivity contribution in [1.82, 2.24) is 10.0 Å². The van der Waals surface area contributed by atoms with Gasteiger partial charge in [-0.15, -0.1) is 0 Å². The first kappa shape index (κ1) is 15.5. The van der Waals surface area contributed by atoms with Gasteiger partial charge in [0, 0.05) is 6.54 Å². The first-order chi connectivity index (χ1) is 8.90. The molecule has 19 heavy (non-hydrogen) atoms. The third kappa shape index (κ3) is 4.22. The van der Waals surface area contributed by atoms with Crippen molar-refractivity contribution in [1.29, 1.82) is 0 Å². The average Bonchev–Trinajstić information content (AvgIpc) is 2.38. The van der Waals surface area contributed by atoms with Gasteiger partial charge in [-0.3, -0.25) is 4.79 Å². The Morgan fingerprint density at radius 1 is 1.32 bits per heavy atom. The number of amides is 1. The normalized spacial score (nSPS) is 12.8. The van der Waals surface area contributed by atoms with Crippen LogP contribution >= 0.6 is 0 Å². The number of hydrogen-bond donors (Lipinski definition) is 2. The highest BCUT2D eigenvalue weighted by molar-refractivity contribution is 7.89. The maximum Gasteiger partial charge on any atom is 0.241 e. The van der Waals surface area contributed by atoms with Gasteiger partial charge >= 0.3 is 0 Å². The number of ether oxygens (including phenoxy) is 1. The SMILES string of the molecule is CCNC(=O)[C@@H](C)NS(=O)(=O)c1ccc(OC)cc1. The molecule has 1 aromatic rings. The van der Waals surface area contributed by atoms with Crippen LogP contribution in [-0.2, 0) is 14.8 Å². The van der Waals surface area contributed by atoms with Crippen LogP contribution in [0, 0.1) is 0 Å². The van der Waals surface area contributed by atoms with Crippen LogP contribution in [0.25, 0.3) is 0 Å². The van der Waals surface area contributed by atoms with Gasteiger partial charge in [0.05, 0.1) is 18.0 Å². The summed E-state index contributed by atoms with van der Waals surface area (Å²) in [6, 6.07) is 5.11. The van der Waals surface area contributed by atoms with Crippen molar-refractivity contribution in [2.45, 2.75) is 24.8 Å². The fourth-order valence-electron chi connectivity index (χ4n) is 1.44. The zero-order chi connectivity index (χ0) is 14.5. The lowest BCUT2D eigenvalue weighted by atomic mass is 10.3. The first-order valence-electron chi connectivity index (χ1n) is 5.84. The monoisotopic (exact) mass is 286 g/mol. The number of likely N-dealkylation sites (N-methyl/N-ethyl adjacent to an activating group) is 1. The van der Waals surface area contributed by atoms with E-state index in [1.54, 1.807) is 19.1 Å². The summed E-state index contributed by atoms with van der Waals surface area (Å²) in [7, 11) is -2.22. The van der Waals surface area contributed by atoms with Crippen LogP contribution in [0.5, 0.6) is 5.75 Å². The van der Waals surface area contributed by atoms with Gasteiger partial charge in [-0.25, -0.2) is 8.42 Å². The van der Waals surface area contributed by atoms with Crippen LogP contribution < -0.4 is 14.8 Å². The van der Waals surface area contributed by atoms with Gasteiger partial charge in [0.15, 0.2) is 0 Å². The number of benzene rings is 1. The molecule has 0 radical (unpaired) electrons. The van der Waals surface area contributed by atoms with Gasteiger partial charge in [-0.05, 0) is 38.1 Å². The minimum atomic E-state index is -3.71. The summed E-state index contributed by atoms with van der Waals surface area (Å²) in [6.45, 7) is 3.71. The van der Waals surface area contributed by atoms with E-state index < -0.39 is 16.1 Å². The molecule has 0 saturated heterocycles. The fraction of sp³-hybridized carbons (Fsp3) is 0.417. The number of sulfonamides is 1. The summed E-state index contributed by atoms with van der Waals surface area (Å²) in [5.74, 6) is 0.204. The summed E-state index contributed by atoms with van der Waals surface area (Å²) >= 11 is 0. The van der Waals surface area contributed by atoms with E-state index in [0.717, 1.165) is 0 Å². The van der Waals surface area contributed by atoms with E-state index in [4.69, 9.17) is 4.74 Å². The number of carbonyl (C=O) groups is 1. The van der Waals surface area contributed by atoms with Gasteiger partial charge in [-0.1, -0.05) is 0 Å². The number of hydrogen-bond acceptors (Lipinski definition) is 4. The minimum absolute atomic E-state index is 0.0875. The van der Waals surface area contributed by atoms with E-state index >= 15 is 0 Å². The second kappa shape index (κ2) is 6.53. The second-order valence-corrected chi connectivity index (χ2v) is 5.63.